The number of nitrogen functional groups attached to an aromatic ring is 1. The van der Waals surface area contributed by atoms with E-state index in [1.165, 1.54) is 0 Å². The highest BCUT2D eigenvalue weighted by molar-refractivity contribution is 7.09. The quantitative estimate of drug-likeness (QED) is 0.574. The number of thiazole rings is 1. The maximum atomic E-state index is 5.42. The van der Waals surface area contributed by atoms with Crippen molar-refractivity contribution < 1.29 is 0 Å². The molecule has 102 valence electrons. The Labute approximate surface area is 116 Å². The van der Waals surface area contributed by atoms with Crippen LogP contribution in [0, 0.1) is 6.92 Å². The number of nitrogens with zero attached hydrogens (tertiary/aromatic N) is 3. The highest BCUT2D eigenvalue weighted by atomic mass is 32.1. The lowest BCUT2D eigenvalue weighted by Crippen LogP contribution is -2.13. The molecule has 2 aromatic heterocycles. The van der Waals surface area contributed by atoms with Crippen LogP contribution in [-0.4, -0.2) is 15.0 Å². The Bertz CT molecular complexity index is 551. The van der Waals surface area contributed by atoms with Gasteiger partial charge < -0.3 is 10.7 Å². The molecular formula is C12H18N6S. The molecule has 0 spiro atoms. The molecule has 0 aliphatic heterocycles. The minimum atomic E-state index is 0.246. The molecule has 0 aliphatic rings. The number of hydrogen-bond donors (Lipinski definition) is 3. The summed E-state index contributed by atoms with van der Waals surface area (Å²) in [6, 6.07) is 1.78. The summed E-state index contributed by atoms with van der Waals surface area (Å²) in [6.07, 6.45) is 0. The lowest BCUT2D eigenvalue weighted by atomic mass is 10.2. The third-order valence-corrected chi connectivity index (χ3v) is 3.35. The molecule has 4 N–H and O–H groups in total. The molecule has 2 rings (SSSR count). The van der Waals surface area contributed by atoms with Crippen LogP contribution in [0.25, 0.3) is 0 Å². The third kappa shape index (κ3) is 3.62. The molecule has 6 nitrogen and oxygen atoms in total. The summed E-state index contributed by atoms with van der Waals surface area (Å²) in [5.74, 6) is 7.78. The highest BCUT2D eigenvalue weighted by Gasteiger charge is 2.08. The van der Waals surface area contributed by atoms with Gasteiger partial charge in [0.15, 0.2) is 0 Å². The Morgan fingerprint density at radius 3 is 2.58 bits per heavy atom. The number of hydrazine groups is 1. The average molecular weight is 278 g/mol. The van der Waals surface area contributed by atoms with Crippen molar-refractivity contribution in [2.75, 3.05) is 10.7 Å². The standard InChI is InChI=1S/C12H18N6S/c1-7(2)12-16-10(4-11(17-12)18-13)14-5-9-6-19-8(3)15-9/h4,6-7H,5,13H2,1-3H3,(H2,14,16,17,18). The first kappa shape index (κ1) is 13.7. The van der Waals surface area contributed by atoms with Gasteiger partial charge in [0.1, 0.15) is 17.5 Å². The summed E-state index contributed by atoms with van der Waals surface area (Å²) in [6.45, 7) is 6.72. The predicted molar refractivity (Wildman–Crippen MR) is 78.1 cm³/mol. The van der Waals surface area contributed by atoms with Crippen molar-refractivity contribution in [3.63, 3.8) is 0 Å². The number of nitrogens with one attached hydrogen (secondary N) is 2. The van der Waals surface area contributed by atoms with Gasteiger partial charge in [-0.05, 0) is 6.92 Å². The average Bonchev–Trinajstić information content (AvgIpc) is 2.81. The molecule has 0 unspecified atom stereocenters. The smallest absolute Gasteiger partial charge is 0.145 e. The number of anilines is 2. The second kappa shape index (κ2) is 5.94. The van der Waals surface area contributed by atoms with Crippen molar-refractivity contribution in [1.29, 1.82) is 0 Å². The summed E-state index contributed by atoms with van der Waals surface area (Å²) in [7, 11) is 0. The Balaban J connectivity index is 2.12. The van der Waals surface area contributed by atoms with Gasteiger partial charge in [0.05, 0.1) is 17.2 Å². The van der Waals surface area contributed by atoms with Crippen LogP contribution >= 0.6 is 11.3 Å². The van der Waals surface area contributed by atoms with E-state index in [1.807, 2.05) is 26.2 Å². The second-order valence-corrected chi connectivity index (χ2v) is 5.57. The molecule has 2 aromatic rings. The van der Waals surface area contributed by atoms with Crippen molar-refractivity contribution in [3.8, 4) is 0 Å². The van der Waals surface area contributed by atoms with Crippen LogP contribution in [0.5, 0.6) is 0 Å². The molecule has 0 atom stereocenters. The van der Waals surface area contributed by atoms with Crippen molar-refractivity contribution >= 4 is 23.0 Å². The Kier molecular flexibility index (Phi) is 4.28. The van der Waals surface area contributed by atoms with E-state index in [-0.39, 0.29) is 5.92 Å². The third-order valence-electron chi connectivity index (χ3n) is 2.52. The fourth-order valence-corrected chi connectivity index (χ4v) is 2.17. The van der Waals surface area contributed by atoms with Gasteiger partial charge in [0.25, 0.3) is 0 Å². The Hall–Kier alpha value is -1.73. The van der Waals surface area contributed by atoms with Crippen LogP contribution in [0.1, 0.15) is 36.3 Å². The van der Waals surface area contributed by atoms with Gasteiger partial charge >= 0.3 is 0 Å². The van der Waals surface area contributed by atoms with Gasteiger partial charge in [0, 0.05) is 17.4 Å². The zero-order valence-corrected chi connectivity index (χ0v) is 12.1. The monoisotopic (exact) mass is 278 g/mol. The normalized spacial score (nSPS) is 10.8. The molecule has 0 saturated carbocycles. The molecule has 0 aliphatic carbocycles. The first-order valence-electron chi connectivity index (χ1n) is 6.09. The zero-order valence-electron chi connectivity index (χ0n) is 11.3. The van der Waals surface area contributed by atoms with Gasteiger partial charge in [-0.3, -0.25) is 0 Å². The van der Waals surface area contributed by atoms with Gasteiger partial charge in [-0.25, -0.2) is 20.8 Å². The molecule has 7 heteroatoms. The van der Waals surface area contributed by atoms with Gasteiger partial charge in [-0.15, -0.1) is 11.3 Å². The minimum Gasteiger partial charge on any atom is -0.364 e. The SMILES string of the molecule is Cc1nc(CNc2cc(NN)nc(C(C)C)n2)cs1. The maximum Gasteiger partial charge on any atom is 0.145 e. The van der Waals surface area contributed by atoms with Crippen LogP contribution in [0.3, 0.4) is 0 Å². The predicted octanol–water partition coefficient (Wildman–Crippen LogP) is 2.26. The van der Waals surface area contributed by atoms with Crippen LogP contribution in [0.2, 0.25) is 0 Å². The summed E-state index contributed by atoms with van der Waals surface area (Å²) in [5, 5.41) is 6.34. The summed E-state index contributed by atoms with van der Waals surface area (Å²) in [5.41, 5.74) is 3.57. The van der Waals surface area contributed by atoms with E-state index in [1.54, 1.807) is 17.4 Å². The lowest BCUT2D eigenvalue weighted by Gasteiger charge is -2.10. The zero-order chi connectivity index (χ0) is 13.8. The molecule has 0 saturated heterocycles. The molecule has 0 radical (unpaired) electrons. The number of hydrogen-bond acceptors (Lipinski definition) is 7. The molecular weight excluding hydrogens is 260 g/mol. The minimum absolute atomic E-state index is 0.246. The second-order valence-electron chi connectivity index (χ2n) is 4.51. The number of rotatable bonds is 5. The van der Waals surface area contributed by atoms with Crippen LogP contribution in [0.15, 0.2) is 11.4 Å². The van der Waals surface area contributed by atoms with Crippen molar-refractivity contribution in [3.05, 3.63) is 28.0 Å². The van der Waals surface area contributed by atoms with E-state index in [4.69, 9.17) is 5.84 Å². The van der Waals surface area contributed by atoms with Crippen LogP contribution in [-0.2, 0) is 6.54 Å². The van der Waals surface area contributed by atoms with Crippen LogP contribution in [0.4, 0.5) is 11.6 Å². The van der Waals surface area contributed by atoms with Gasteiger partial charge in [-0.2, -0.15) is 0 Å². The highest BCUT2D eigenvalue weighted by Crippen LogP contribution is 2.17. The summed E-state index contributed by atoms with van der Waals surface area (Å²) >= 11 is 1.64. The maximum absolute atomic E-state index is 5.42. The molecule has 0 aromatic carbocycles. The van der Waals surface area contributed by atoms with E-state index in [2.05, 4.69) is 25.7 Å². The topological polar surface area (TPSA) is 88.8 Å². The Morgan fingerprint density at radius 1 is 1.26 bits per heavy atom. The number of aryl methyl sites for hydroxylation is 1. The number of nitrogens with two attached hydrogens (primary N) is 1. The van der Waals surface area contributed by atoms with Gasteiger partial charge in [-0.1, -0.05) is 13.8 Å². The largest absolute Gasteiger partial charge is 0.364 e. The van der Waals surface area contributed by atoms with Crippen molar-refractivity contribution in [2.24, 2.45) is 5.84 Å². The first-order valence-corrected chi connectivity index (χ1v) is 6.97. The number of aromatic nitrogens is 3. The molecule has 0 fully saturated rings. The Morgan fingerprint density at radius 2 is 2.00 bits per heavy atom. The summed E-state index contributed by atoms with van der Waals surface area (Å²) < 4.78 is 0. The fourth-order valence-electron chi connectivity index (χ4n) is 1.56. The molecule has 19 heavy (non-hydrogen) atoms. The van der Waals surface area contributed by atoms with Crippen molar-refractivity contribution in [2.45, 2.75) is 33.2 Å². The molecule has 0 amide bonds. The molecule has 0 bridgehead atoms. The van der Waals surface area contributed by atoms with Crippen LogP contribution < -0.4 is 16.6 Å². The first-order chi connectivity index (χ1) is 9.08. The van der Waals surface area contributed by atoms with E-state index in [0.717, 1.165) is 22.3 Å². The van der Waals surface area contributed by atoms with Crippen molar-refractivity contribution in [1.82, 2.24) is 15.0 Å². The molecule has 2 heterocycles. The van der Waals surface area contributed by atoms with E-state index < -0.39 is 0 Å². The summed E-state index contributed by atoms with van der Waals surface area (Å²) in [4.78, 5) is 13.2. The van der Waals surface area contributed by atoms with E-state index in [0.29, 0.717) is 12.4 Å². The van der Waals surface area contributed by atoms with E-state index >= 15 is 0 Å². The lowest BCUT2D eigenvalue weighted by molar-refractivity contribution is 0.775. The van der Waals surface area contributed by atoms with E-state index in [9.17, 15) is 0 Å². The van der Waals surface area contributed by atoms with Gasteiger partial charge in [0.2, 0.25) is 0 Å². The fraction of sp³-hybridized carbons (Fsp3) is 0.417.